The zero-order valence-electron chi connectivity index (χ0n) is 17.1. The summed E-state index contributed by atoms with van der Waals surface area (Å²) in [5.74, 6) is 1.68. The van der Waals surface area contributed by atoms with E-state index in [-0.39, 0.29) is 0 Å². The average Bonchev–Trinajstić information content (AvgIpc) is 3.24. The molecule has 0 aliphatic rings. The summed E-state index contributed by atoms with van der Waals surface area (Å²) in [6, 6.07) is 18.0. The van der Waals surface area contributed by atoms with E-state index in [1.54, 1.807) is 23.1 Å². The van der Waals surface area contributed by atoms with Gasteiger partial charge in [-0.1, -0.05) is 52.4 Å². The summed E-state index contributed by atoms with van der Waals surface area (Å²) in [6.45, 7) is 2.29. The fourth-order valence-electron chi connectivity index (χ4n) is 2.60. The van der Waals surface area contributed by atoms with Crippen LogP contribution in [0.25, 0.3) is 0 Å². The second kappa shape index (κ2) is 11.4. The van der Waals surface area contributed by atoms with Crippen molar-refractivity contribution in [2.75, 3.05) is 14.2 Å². The van der Waals surface area contributed by atoms with E-state index in [1.807, 2.05) is 43.5 Å². The van der Waals surface area contributed by atoms with Crippen molar-refractivity contribution in [2.45, 2.75) is 23.6 Å². The van der Waals surface area contributed by atoms with E-state index >= 15 is 0 Å². The largest absolute Gasteiger partial charge is 0.488 e. The van der Waals surface area contributed by atoms with Crippen LogP contribution in [0.5, 0.6) is 5.75 Å². The second-order valence-corrected chi connectivity index (χ2v) is 8.50. The van der Waals surface area contributed by atoms with Gasteiger partial charge in [0.2, 0.25) is 0 Å². The Morgan fingerprint density at radius 1 is 1.00 bits per heavy atom. The third-order valence-electron chi connectivity index (χ3n) is 4.00. The van der Waals surface area contributed by atoms with Crippen LogP contribution >= 0.6 is 23.1 Å². The minimum atomic E-state index is 0.478. The van der Waals surface area contributed by atoms with Crippen molar-refractivity contribution in [3.63, 3.8) is 0 Å². The fraction of sp³-hybridized carbons (Fsp3) is 0.227. The third-order valence-corrected chi connectivity index (χ3v) is 6.20. The Bertz CT molecular complexity index is 986. The number of benzene rings is 2. The fourth-order valence-corrected chi connectivity index (χ4v) is 4.50. The van der Waals surface area contributed by atoms with Crippen molar-refractivity contribution in [3.8, 4) is 5.75 Å². The Hall–Kier alpha value is -2.84. The molecular formula is C22H23N3O3S2. The van der Waals surface area contributed by atoms with Crippen molar-refractivity contribution < 1.29 is 14.4 Å². The van der Waals surface area contributed by atoms with Gasteiger partial charge in [-0.3, -0.25) is 0 Å². The van der Waals surface area contributed by atoms with Crippen molar-refractivity contribution in [1.29, 1.82) is 0 Å². The lowest BCUT2D eigenvalue weighted by atomic mass is 10.1. The van der Waals surface area contributed by atoms with Gasteiger partial charge in [0, 0.05) is 17.5 Å². The van der Waals surface area contributed by atoms with Crippen LogP contribution in [0.15, 0.2) is 75.4 Å². The quantitative estimate of drug-likeness (QED) is 0.240. The van der Waals surface area contributed by atoms with Crippen LogP contribution in [-0.2, 0) is 22.0 Å². The van der Waals surface area contributed by atoms with Gasteiger partial charge < -0.3 is 14.4 Å². The molecule has 0 bridgehead atoms. The molecule has 0 aliphatic heterocycles. The maximum atomic E-state index is 5.91. The summed E-state index contributed by atoms with van der Waals surface area (Å²) in [6.07, 6.45) is 1.88. The molecule has 30 heavy (non-hydrogen) atoms. The summed E-state index contributed by atoms with van der Waals surface area (Å²) >= 11 is 3.39. The minimum Gasteiger partial charge on any atom is -0.488 e. The SMILES string of the molecule is CON=C(C)C(=NOC)c1ccc(OCc2cnc(SCc3ccccc3)s2)cc1. The maximum Gasteiger partial charge on any atom is 0.150 e. The Balaban J connectivity index is 1.55. The number of rotatable bonds is 10. The van der Waals surface area contributed by atoms with E-state index < -0.39 is 0 Å². The number of oxime groups is 2. The first kappa shape index (κ1) is 21.9. The summed E-state index contributed by atoms with van der Waals surface area (Å²) in [5, 5.41) is 7.96. The molecule has 8 heteroatoms. The van der Waals surface area contributed by atoms with Crippen LogP contribution in [0, 0.1) is 0 Å². The Morgan fingerprint density at radius 2 is 1.73 bits per heavy atom. The first-order valence-corrected chi connectivity index (χ1v) is 11.0. The lowest BCUT2D eigenvalue weighted by molar-refractivity contribution is 0.210. The van der Waals surface area contributed by atoms with E-state index in [0.717, 1.165) is 26.3 Å². The van der Waals surface area contributed by atoms with Gasteiger partial charge in [-0.05, 0) is 36.8 Å². The Labute approximate surface area is 184 Å². The van der Waals surface area contributed by atoms with E-state index in [4.69, 9.17) is 14.4 Å². The van der Waals surface area contributed by atoms with Crippen LogP contribution in [0.1, 0.15) is 22.9 Å². The van der Waals surface area contributed by atoms with E-state index in [2.05, 4.69) is 39.6 Å². The molecular weight excluding hydrogens is 418 g/mol. The molecule has 3 aromatic rings. The summed E-state index contributed by atoms with van der Waals surface area (Å²) in [4.78, 5) is 15.3. The molecule has 0 N–H and O–H groups in total. The molecule has 1 heterocycles. The van der Waals surface area contributed by atoms with Crippen molar-refractivity contribution in [3.05, 3.63) is 76.8 Å². The molecule has 0 unspecified atom stereocenters. The highest BCUT2D eigenvalue weighted by Gasteiger charge is 2.10. The van der Waals surface area contributed by atoms with Crippen LogP contribution in [0.3, 0.4) is 0 Å². The van der Waals surface area contributed by atoms with Crippen LogP contribution in [-0.4, -0.2) is 30.6 Å². The number of hydrogen-bond donors (Lipinski definition) is 0. The van der Waals surface area contributed by atoms with Gasteiger partial charge >= 0.3 is 0 Å². The molecule has 2 aromatic carbocycles. The first-order valence-electron chi connectivity index (χ1n) is 9.23. The van der Waals surface area contributed by atoms with E-state index in [9.17, 15) is 0 Å². The molecule has 0 atom stereocenters. The molecule has 0 amide bonds. The molecule has 6 nitrogen and oxygen atoms in total. The van der Waals surface area contributed by atoms with Crippen molar-refractivity contribution in [1.82, 2.24) is 4.98 Å². The van der Waals surface area contributed by atoms with Gasteiger partial charge in [0.15, 0.2) is 0 Å². The average molecular weight is 442 g/mol. The Kier molecular flexibility index (Phi) is 8.29. The zero-order valence-corrected chi connectivity index (χ0v) is 18.7. The molecule has 0 saturated heterocycles. The number of thiazole rings is 1. The van der Waals surface area contributed by atoms with Gasteiger partial charge in [0.1, 0.15) is 42.3 Å². The van der Waals surface area contributed by atoms with E-state index in [1.165, 1.54) is 19.8 Å². The van der Waals surface area contributed by atoms with Gasteiger partial charge in [-0.2, -0.15) is 0 Å². The zero-order chi connectivity index (χ0) is 21.2. The molecule has 156 valence electrons. The number of nitrogens with zero attached hydrogens (tertiary/aromatic N) is 3. The standard InChI is InChI=1S/C22H23N3O3S2/c1-16(24-26-2)21(25-27-3)18-9-11-19(12-10-18)28-14-20-13-23-22(30-20)29-15-17-7-5-4-6-8-17/h4-13H,14-15H2,1-3H3. The van der Waals surface area contributed by atoms with Crippen LogP contribution in [0.2, 0.25) is 0 Å². The molecule has 3 rings (SSSR count). The smallest absolute Gasteiger partial charge is 0.150 e. The van der Waals surface area contributed by atoms with Gasteiger partial charge in [-0.15, -0.1) is 11.3 Å². The maximum absolute atomic E-state index is 5.91. The van der Waals surface area contributed by atoms with Crippen molar-refractivity contribution >= 4 is 34.5 Å². The van der Waals surface area contributed by atoms with Gasteiger partial charge in [-0.25, -0.2) is 4.98 Å². The van der Waals surface area contributed by atoms with Crippen molar-refractivity contribution in [2.24, 2.45) is 10.3 Å². The lowest BCUT2D eigenvalue weighted by Crippen LogP contribution is -2.13. The summed E-state index contributed by atoms with van der Waals surface area (Å²) < 4.78 is 6.95. The number of ether oxygens (including phenoxy) is 1. The summed E-state index contributed by atoms with van der Waals surface area (Å²) in [5.41, 5.74) is 3.38. The van der Waals surface area contributed by atoms with Crippen LogP contribution in [0.4, 0.5) is 0 Å². The molecule has 0 radical (unpaired) electrons. The Morgan fingerprint density at radius 3 is 2.43 bits per heavy atom. The monoisotopic (exact) mass is 441 g/mol. The molecule has 0 fully saturated rings. The topological polar surface area (TPSA) is 65.3 Å². The number of thioether (sulfide) groups is 1. The number of aromatic nitrogens is 1. The van der Waals surface area contributed by atoms with Gasteiger partial charge in [0.25, 0.3) is 0 Å². The highest BCUT2D eigenvalue weighted by atomic mass is 32.2. The molecule has 0 spiro atoms. The molecule has 0 aliphatic carbocycles. The predicted molar refractivity (Wildman–Crippen MR) is 123 cm³/mol. The normalized spacial score (nSPS) is 12.0. The predicted octanol–water partition coefficient (Wildman–Crippen LogP) is 5.39. The third kappa shape index (κ3) is 6.33. The van der Waals surface area contributed by atoms with Crippen LogP contribution < -0.4 is 4.74 Å². The molecule has 1 aromatic heterocycles. The molecule has 0 saturated carbocycles. The minimum absolute atomic E-state index is 0.478. The van der Waals surface area contributed by atoms with E-state index in [0.29, 0.717) is 18.0 Å². The second-order valence-electron chi connectivity index (χ2n) is 6.16. The lowest BCUT2D eigenvalue weighted by Gasteiger charge is -2.08. The highest BCUT2D eigenvalue weighted by Crippen LogP contribution is 2.28. The summed E-state index contributed by atoms with van der Waals surface area (Å²) in [7, 11) is 2.99. The highest BCUT2D eigenvalue weighted by molar-refractivity contribution is 8.00. The first-order chi connectivity index (χ1) is 14.7. The number of hydrogen-bond acceptors (Lipinski definition) is 8. The van der Waals surface area contributed by atoms with Gasteiger partial charge in [0.05, 0.1) is 4.88 Å².